The van der Waals surface area contributed by atoms with Gasteiger partial charge in [-0.2, -0.15) is 0 Å². The van der Waals surface area contributed by atoms with Gasteiger partial charge in [-0.25, -0.2) is 0 Å². The van der Waals surface area contributed by atoms with Crippen molar-refractivity contribution in [3.05, 3.63) is 71.3 Å². The van der Waals surface area contributed by atoms with Gasteiger partial charge >= 0.3 is 0 Å². The lowest BCUT2D eigenvalue weighted by Gasteiger charge is -2.35. The summed E-state index contributed by atoms with van der Waals surface area (Å²) in [5.74, 6) is 0.939. The first-order valence-electron chi connectivity index (χ1n) is 10.4. The molecule has 0 spiro atoms. The third-order valence-electron chi connectivity index (χ3n) is 5.10. The van der Waals surface area contributed by atoms with E-state index in [1.165, 1.54) is 11.1 Å². The topological polar surface area (TPSA) is 41.6 Å². The van der Waals surface area contributed by atoms with Crippen LogP contribution in [0.3, 0.4) is 0 Å². The fourth-order valence-corrected chi connectivity index (χ4v) is 4.51. The molecule has 3 atom stereocenters. The Labute approximate surface area is 179 Å². The Morgan fingerprint density at radius 3 is 2.31 bits per heavy atom. The van der Waals surface area contributed by atoms with Gasteiger partial charge in [0.15, 0.2) is 0 Å². The molecule has 1 heterocycles. The minimum atomic E-state index is -0.0696. The van der Waals surface area contributed by atoms with Crippen LogP contribution >= 0.6 is 11.8 Å². The van der Waals surface area contributed by atoms with Gasteiger partial charge in [0.05, 0.1) is 17.5 Å². The first-order valence-corrected chi connectivity index (χ1v) is 11.4. The number of hydrogen-bond acceptors (Lipinski definition) is 4. The molecule has 2 aromatic rings. The number of nitrogens with one attached hydrogen (secondary N) is 1. The molecule has 156 valence electrons. The SMILES string of the molecule is CC1CN(Cc2ccc(CNC(=O)C(C)SCc3ccccc3)cc2)CC(C)O1. The normalized spacial score (nSPS) is 20.9. The van der Waals surface area contributed by atoms with Gasteiger partial charge in [-0.15, -0.1) is 11.8 Å². The lowest BCUT2D eigenvalue weighted by molar-refractivity contribution is -0.120. The summed E-state index contributed by atoms with van der Waals surface area (Å²) in [5.41, 5.74) is 3.68. The molecule has 0 aromatic heterocycles. The largest absolute Gasteiger partial charge is 0.373 e. The predicted molar refractivity (Wildman–Crippen MR) is 121 cm³/mol. The number of carbonyl (C=O) groups excluding carboxylic acids is 1. The molecule has 1 aliphatic rings. The highest BCUT2D eigenvalue weighted by Crippen LogP contribution is 2.18. The van der Waals surface area contributed by atoms with Crippen molar-refractivity contribution in [1.29, 1.82) is 0 Å². The van der Waals surface area contributed by atoms with Crippen molar-refractivity contribution in [2.45, 2.75) is 57.1 Å². The van der Waals surface area contributed by atoms with Crippen LogP contribution in [-0.2, 0) is 28.4 Å². The van der Waals surface area contributed by atoms with Gasteiger partial charge in [-0.3, -0.25) is 9.69 Å². The van der Waals surface area contributed by atoms with E-state index in [0.717, 1.165) is 31.0 Å². The minimum Gasteiger partial charge on any atom is -0.373 e. The van der Waals surface area contributed by atoms with Crippen molar-refractivity contribution in [1.82, 2.24) is 10.2 Å². The number of amides is 1. The zero-order chi connectivity index (χ0) is 20.6. The summed E-state index contributed by atoms with van der Waals surface area (Å²) in [6, 6.07) is 18.8. The molecule has 3 rings (SSSR count). The Balaban J connectivity index is 1.41. The molecule has 1 amide bonds. The second kappa shape index (κ2) is 10.8. The van der Waals surface area contributed by atoms with Gasteiger partial charge in [0.25, 0.3) is 0 Å². The molecule has 2 aromatic carbocycles. The average molecular weight is 413 g/mol. The fourth-order valence-electron chi connectivity index (χ4n) is 3.64. The number of hydrogen-bond donors (Lipinski definition) is 1. The Kier molecular flexibility index (Phi) is 8.16. The van der Waals surface area contributed by atoms with Crippen LogP contribution in [0.2, 0.25) is 0 Å². The summed E-state index contributed by atoms with van der Waals surface area (Å²) in [7, 11) is 0. The zero-order valence-electron chi connectivity index (χ0n) is 17.6. The van der Waals surface area contributed by atoms with Crippen LogP contribution in [0.25, 0.3) is 0 Å². The summed E-state index contributed by atoms with van der Waals surface area (Å²) in [6.07, 6.45) is 0.574. The maximum atomic E-state index is 12.4. The summed E-state index contributed by atoms with van der Waals surface area (Å²) in [6.45, 7) is 9.69. The van der Waals surface area contributed by atoms with Crippen LogP contribution in [-0.4, -0.2) is 41.4 Å². The van der Waals surface area contributed by atoms with E-state index in [2.05, 4.69) is 60.5 Å². The van der Waals surface area contributed by atoms with Crippen molar-refractivity contribution in [2.75, 3.05) is 13.1 Å². The van der Waals surface area contributed by atoms with E-state index in [4.69, 9.17) is 4.74 Å². The monoisotopic (exact) mass is 412 g/mol. The first kappa shape index (κ1) is 21.9. The maximum Gasteiger partial charge on any atom is 0.233 e. The van der Waals surface area contributed by atoms with Crippen LogP contribution in [0, 0.1) is 0 Å². The summed E-state index contributed by atoms with van der Waals surface area (Å²) >= 11 is 1.67. The molecule has 3 unspecified atom stereocenters. The Morgan fingerprint density at radius 2 is 1.66 bits per heavy atom. The Morgan fingerprint density at radius 1 is 1.03 bits per heavy atom. The Bertz CT molecular complexity index is 756. The van der Waals surface area contributed by atoms with Crippen LogP contribution in [0.4, 0.5) is 0 Å². The van der Waals surface area contributed by atoms with Gasteiger partial charge in [0.2, 0.25) is 5.91 Å². The van der Waals surface area contributed by atoms with Gasteiger partial charge < -0.3 is 10.1 Å². The molecule has 29 heavy (non-hydrogen) atoms. The van der Waals surface area contributed by atoms with Crippen molar-refractivity contribution in [3.63, 3.8) is 0 Å². The molecule has 1 fully saturated rings. The summed E-state index contributed by atoms with van der Waals surface area (Å²) < 4.78 is 5.81. The highest BCUT2D eigenvalue weighted by Gasteiger charge is 2.22. The van der Waals surface area contributed by atoms with E-state index in [1.807, 2.05) is 25.1 Å². The molecular weight excluding hydrogens is 380 g/mol. The van der Waals surface area contributed by atoms with E-state index in [-0.39, 0.29) is 23.4 Å². The molecule has 1 aliphatic heterocycles. The lowest BCUT2D eigenvalue weighted by atomic mass is 10.1. The standard InChI is InChI=1S/C24H32N2O2S/c1-18-14-26(15-19(2)28-18)16-22-11-9-21(10-12-22)13-25-24(27)20(3)29-17-23-7-5-4-6-8-23/h4-12,18-20H,13-17H2,1-3H3,(H,25,27). The average Bonchev–Trinajstić information content (AvgIpc) is 2.71. The number of thioether (sulfide) groups is 1. The van der Waals surface area contributed by atoms with Crippen molar-refractivity contribution >= 4 is 17.7 Å². The maximum absolute atomic E-state index is 12.4. The van der Waals surface area contributed by atoms with Crippen LogP contribution in [0.1, 0.15) is 37.5 Å². The third kappa shape index (κ3) is 7.18. The van der Waals surface area contributed by atoms with E-state index < -0.39 is 0 Å². The van der Waals surface area contributed by atoms with Crippen molar-refractivity contribution < 1.29 is 9.53 Å². The van der Waals surface area contributed by atoms with Crippen LogP contribution in [0.5, 0.6) is 0 Å². The lowest BCUT2D eigenvalue weighted by Crippen LogP contribution is -2.44. The second-order valence-corrected chi connectivity index (χ2v) is 9.25. The highest BCUT2D eigenvalue weighted by atomic mass is 32.2. The number of carbonyl (C=O) groups is 1. The zero-order valence-corrected chi connectivity index (χ0v) is 18.5. The summed E-state index contributed by atoms with van der Waals surface area (Å²) in [5, 5.41) is 2.99. The molecule has 0 aliphatic carbocycles. The molecule has 5 heteroatoms. The van der Waals surface area contributed by atoms with Crippen molar-refractivity contribution in [2.24, 2.45) is 0 Å². The first-order chi connectivity index (χ1) is 14.0. The number of benzene rings is 2. The van der Waals surface area contributed by atoms with Crippen molar-refractivity contribution in [3.8, 4) is 0 Å². The number of nitrogens with zero attached hydrogens (tertiary/aromatic N) is 1. The van der Waals surface area contributed by atoms with E-state index in [0.29, 0.717) is 6.54 Å². The van der Waals surface area contributed by atoms with E-state index in [9.17, 15) is 4.79 Å². The molecule has 1 saturated heterocycles. The third-order valence-corrected chi connectivity index (χ3v) is 6.32. The number of ether oxygens (including phenoxy) is 1. The quantitative estimate of drug-likeness (QED) is 0.704. The highest BCUT2D eigenvalue weighted by molar-refractivity contribution is 7.99. The molecule has 0 bridgehead atoms. The molecule has 4 nitrogen and oxygen atoms in total. The van der Waals surface area contributed by atoms with Gasteiger partial charge in [0.1, 0.15) is 0 Å². The molecule has 0 radical (unpaired) electrons. The van der Waals surface area contributed by atoms with E-state index >= 15 is 0 Å². The van der Waals surface area contributed by atoms with E-state index in [1.54, 1.807) is 11.8 Å². The summed E-state index contributed by atoms with van der Waals surface area (Å²) in [4.78, 5) is 14.8. The predicted octanol–water partition coefficient (Wildman–Crippen LogP) is 4.23. The molecule has 0 saturated carbocycles. The van der Waals surface area contributed by atoms with Gasteiger partial charge in [0, 0.05) is 31.9 Å². The molecule has 1 N–H and O–H groups in total. The minimum absolute atomic E-state index is 0.0696. The molecular formula is C24H32N2O2S. The second-order valence-electron chi connectivity index (χ2n) is 7.92. The van der Waals surface area contributed by atoms with Crippen LogP contribution < -0.4 is 5.32 Å². The fraction of sp³-hybridized carbons (Fsp3) is 0.458. The Hall–Kier alpha value is -1.82. The number of morpholine rings is 1. The van der Waals surface area contributed by atoms with Gasteiger partial charge in [-0.1, -0.05) is 54.6 Å². The smallest absolute Gasteiger partial charge is 0.233 e. The van der Waals surface area contributed by atoms with Gasteiger partial charge in [-0.05, 0) is 37.5 Å². The number of rotatable bonds is 8. The van der Waals surface area contributed by atoms with Crippen LogP contribution in [0.15, 0.2) is 54.6 Å².